The minimum absolute atomic E-state index is 0.247. The van der Waals surface area contributed by atoms with Crippen LogP contribution in [0.25, 0.3) is 11.8 Å². The molecular weight excluding hydrogens is 328 g/mol. The molecule has 1 N–H and O–H groups in total. The van der Waals surface area contributed by atoms with Gasteiger partial charge in [-0.05, 0) is 37.3 Å². The molecular formula is C16H15ClN6O. The normalized spacial score (nSPS) is 11.1. The Morgan fingerprint density at radius 1 is 1.29 bits per heavy atom. The molecule has 24 heavy (non-hydrogen) atoms. The van der Waals surface area contributed by atoms with E-state index >= 15 is 0 Å². The van der Waals surface area contributed by atoms with Crippen molar-refractivity contribution in [2.45, 2.75) is 6.92 Å². The second kappa shape index (κ2) is 6.67. The minimum Gasteiger partial charge on any atom is -0.323 e. The van der Waals surface area contributed by atoms with Crippen LogP contribution < -0.4 is 5.32 Å². The molecule has 2 aromatic heterocycles. The summed E-state index contributed by atoms with van der Waals surface area (Å²) in [6.45, 7) is 1.84. The van der Waals surface area contributed by atoms with Crippen LogP contribution in [0.3, 0.4) is 0 Å². The highest BCUT2D eigenvalue weighted by Gasteiger charge is 2.08. The average molecular weight is 343 g/mol. The number of aromatic nitrogens is 5. The van der Waals surface area contributed by atoms with Gasteiger partial charge in [0, 0.05) is 24.4 Å². The van der Waals surface area contributed by atoms with Crippen LogP contribution in [0, 0.1) is 6.92 Å². The molecule has 122 valence electrons. The summed E-state index contributed by atoms with van der Waals surface area (Å²) in [5.41, 5.74) is 3.04. The molecule has 0 unspecified atom stereocenters. The topological polar surface area (TPSA) is 77.6 Å². The summed E-state index contributed by atoms with van der Waals surface area (Å²) in [6.07, 6.45) is 6.16. The molecule has 2 heterocycles. The molecule has 1 amide bonds. The number of amides is 1. The molecule has 0 bridgehead atoms. The largest absolute Gasteiger partial charge is 0.323 e. The van der Waals surface area contributed by atoms with E-state index < -0.39 is 0 Å². The Kier molecular flexibility index (Phi) is 4.43. The molecule has 0 atom stereocenters. The van der Waals surface area contributed by atoms with Crippen molar-refractivity contribution < 1.29 is 4.79 Å². The Morgan fingerprint density at radius 2 is 2.04 bits per heavy atom. The molecule has 0 radical (unpaired) electrons. The van der Waals surface area contributed by atoms with Gasteiger partial charge in [0.1, 0.15) is 17.8 Å². The number of nitrogens with one attached hydrogen (secondary N) is 1. The van der Waals surface area contributed by atoms with E-state index in [-0.39, 0.29) is 5.91 Å². The van der Waals surface area contributed by atoms with Crippen LogP contribution in [-0.4, -0.2) is 30.5 Å². The highest BCUT2D eigenvalue weighted by atomic mass is 35.5. The maximum absolute atomic E-state index is 12.0. The predicted octanol–water partition coefficient (Wildman–Crippen LogP) is 2.61. The SMILES string of the molecule is Cc1nn(C)c(Cl)c1/C=C/C(=O)Nc1ccc(-n2cncn2)cc1. The lowest BCUT2D eigenvalue weighted by Gasteiger charge is -2.04. The second-order valence-electron chi connectivity index (χ2n) is 5.12. The molecule has 0 saturated heterocycles. The minimum atomic E-state index is -0.247. The van der Waals surface area contributed by atoms with Crippen LogP contribution in [0.5, 0.6) is 0 Å². The van der Waals surface area contributed by atoms with Crippen molar-refractivity contribution in [3.8, 4) is 5.69 Å². The van der Waals surface area contributed by atoms with Crippen LogP contribution in [-0.2, 0) is 11.8 Å². The summed E-state index contributed by atoms with van der Waals surface area (Å²) >= 11 is 6.13. The molecule has 0 aliphatic heterocycles. The fourth-order valence-corrected chi connectivity index (χ4v) is 2.46. The van der Waals surface area contributed by atoms with Gasteiger partial charge in [-0.15, -0.1) is 0 Å². The number of nitrogens with zero attached hydrogens (tertiary/aromatic N) is 5. The average Bonchev–Trinajstić information content (AvgIpc) is 3.17. The van der Waals surface area contributed by atoms with Gasteiger partial charge in [0.25, 0.3) is 0 Å². The maximum Gasteiger partial charge on any atom is 0.248 e. The number of carbonyl (C=O) groups is 1. The monoisotopic (exact) mass is 342 g/mol. The van der Waals surface area contributed by atoms with E-state index in [1.54, 1.807) is 40.9 Å². The van der Waals surface area contributed by atoms with E-state index in [1.807, 2.05) is 19.1 Å². The first-order valence-corrected chi connectivity index (χ1v) is 7.55. The van der Waals surface area contributed by atoms with Gasteiger partial charge in [0.15, 0.2) is 0 Å². The fraction of sp³-hybridized carbons (Fsp3) is 0.125. The molecule has 0 saturated carbocycles. The number of benzene rings is 1. The summed E-state index contributed by atoms with van der Waals surface area (Å²) in [5.74, 6) is -0.247. The zero-order chi connectivity index (χ0) is 17.1. The van der Waals surface area contributed by atoms with Gasteiger partial charge in [-0.25, -0.2) is 9.67 Å². The Labute approximate surface area is 143 Å². The standard InChI is InChI=1S/C16H15ClN6O/c1-11-14(16(17)22(2)21-11)7-8-15(24)20-12-3-5-13(6-4-12)23-10-18-9-19-23/h3-10H,1-2H3,(H,20,24)/b8-7+. The van der Waals surface area contributed by atoms with Gasteiger partial charge in [0.2, 0.25) is 5.91 Å². The lowest BCUT2D eigenvalue weighted by atomic mass is 10.2. The molecule has 1 aromatic carbocycles. The molecule has 7 nitrogen and oxygen atoms in total. The predicted molar refractivity (Wildman–Crippen MR) is 92.0 cm³/mol. The number of aryl methyl sites for hydroxylation is 2. The van der Waals surface area contributed by atoms with Crippen molar-refractivity contribution in [3.63, 3.8) is 0 Å². The van der Waals surface area contributed by atoms with Crippen molar-refractivity contribution >= 4 is 29.3 Å². The highest BCUT2D eigenvalue weighted by Crippen LogP contribution is 2.20. The van der Waals surface area contributed by atoms with E-state index in [9.17, 15) is 4.79 Å². The number of carbonyl (C=O) groups excluding carboxylic acids is 1. The van der Waals surface area contributed by atoms with Crippen molar-refractivity contribution in [1.29, 1.82) is 0 Å². The number of anilines is 1. The molecule has 0 fully saturated rings. The first kappa shape index (κ1) is 15.9. The van der Waals surface area contributed by atoms with E-state index in [0.717, 1.165) is 16.9 Å². The Hall–Kier alpha value is -2.93. The van der Waals surface area contributed by atoms with Crippen LogP contribution in [0.4, 0.5) is 5.69 Å². The lowest BCUT2D eigenvalue weighted by molar-refractivity contribution is -0.111. The third-order valence-corrected chi connectivity index (χ3v) is 3.86. The number of hydrogen-bond acceptors (Lipinski definition) is 4. The van der Waals surface area contributed by atoms with Gasteiger partial charge in [-0.2, -0.15) is 10.2 Å². The van der Waals surface area contributed by atoms with Gasteiger partial charge < -0.3 is 5.32 Å². The van der Waals surface area contributed by atoms with Gasteiger partial charge in [-0.1, -0.05) is 11.6 Å². The van der Waals surface area contributed by atoms with Crippen molar-refractivity contribution in [2.75, 3.05) is 5.32 Å². The summed E-state index contributed by atoms with van der Waals surface area (Å²) in [4.78, 5) is 15.9. The smallest absolute Gasteiger partial charge is 0.248 e. The third kappa shape index (κ3) is 3.36. The number of hydrogen-bond donors (Lipinski definition) is 1. The molecule has 0 aliphatic carbocycles. The Balaban J connectivity index is 1.67. The molecule has 0 aliphatic rings. The lowest BCUT2D eigenvalue weighted by Crippen LogP contribution is -2.07. The summed E-state index contributed by atoms with van der Waals surface area (Å²) in [6, 6.07) is 7.28. The van der Waals surface area contributed by atoms with Gasteiger partial charge >= 0.3 is 0 Å². The van der Waals surface area contributed by atoms with Crippen molar-refractivity contribution in [2.24, 2.45) is 7.05 Å². The van der Waals surface area contributed by atoms with E-state index in [4.69, 9.17) is 11.6 Å². The van der Waals surface area contributed by atoms with Gasteiger partial charge in [-0.3, -0.25) is 9.48 Å². The van der Waals surface area contributed by atoms with Crippen LogP contribution in [0.2, 0.25) is 5.15 Å². The van der Waals surface area contributed by atoms with Crippen molar-refractivity contribution in [3.05, 3.63) is 59.4 Å². The van der Waals surface area contributed by atoms with Gasteiger partial charge in [0.05, 0.1) is 11.4 Å². The van der Waals surface area contributed by atoms with E-state index in [0.29, 0.717) is 10.8 Å². The summed E-state index contributed by atoms with van der Waals surface area (Å²) < 4.78 is 3.20. The first-order valence-electron chi connectivity index (χ1n) is 7.18. The zero-order valence-electron chi connectivity index (χ0n) is 13.1. The molecule has 3 aromatic rings. The summed E-state index contributed by atoms with van der Waals surface area (Å²) in [7, 11) is 1.75. The summed E-state index contributed by atoms with van der Waals surface area (Å²) in [5, 5.41) is 11.5. The van der Waals surface area contributed by atoms with E-state index in [2.05, 4.69) is 20.5 Å². The maximum atomic E-state index is 12.0. The van der Waals surface area contributed by atoms with Crippen LogP contribution in [0.1, 0.15) is 11.3 Å². The number of halogens is 1. The van der Waals surface area contributed by atoms with Crippen LogP contribution in [0.15, 0.2) is 43.0 Å². The zero-order valence-corrected chi connectivity index (χ0v) is 13.9. The second-order valence-corrected chi connectivity index (χ2v) is 5.48. The quantitative estimate of drug-likeness (QED) is 0.739. The Bertz CT molecular complexity index is 880. The van der Waals surface area contributed by atoms with Crippen LogP contribution >= 0.6 is 11.6 Å². The Morgan fingerprint density at radius 3 is 2.62 bits per heavy atom. The molecule has 3 rings (SSSR count). The molecule has 0 spiro atoms. The number of rotatable bonds is 4. The fourth-order valence-electron chi connectivity index (χ4n) is 2.22. The van der Waals surface area contributed by atoms with Crippen molar-refractivity contribution in [1.82, 2.24) is 24.5 Å². The van der Waals surface area contributed by atoms with E-state index in [1.165, 1.54) is 12.4 Å². The first-order chi connectivity index (χ1) is 11.5. The third-order valence-electron chi connectivity index (χ3n) is 3.42. The highest BCUT2D eigenvalue weighted by molar-refractivity contribution is 6.31. The molecule has 8 heteroatoms.